The van der Waals surface area contributed by atoms with Crippen LogP contribution in [0.1, 0.15) is 68.1 Å². The molecule has 1 heterocycles. The van der Waals surface area contributed by atoms with Gasteiger partial charge in [0.25, 0.3) is 5.91 Å². The van der Waals surface area contributed by atoms with Crippen molar-refractivity contribution in [1.82, 2.24) is 15.1 Å². The normalized spacial score (nSPS) is 35.2. The van der Waals surface area contributed by atoms with Crippen LogP contribution in [0.25, 0.3) is 0 Å². The third-order valence-corrected chi connectivity index (χ3v) is 7.96. The third-order valence-electron chi connectivity index (χ3n) is 7.01. The molecule has 1 N–H and O–H groups in total. The molecule has 4 fully saturated rings. The molecule has 0 aromatic carbocycles. The molecule has 0 spiro atoms. The first-order valence-corrected chi connectivity index (χ1v) is 10.2. The van der Waals surface area contributed by atoms with Gasteiger partial charge in [-0.2, -0.15) is 5.10 Å². The number of halogens is 1. The Hall–Kier alpha value is -0.840. The second-order valence-corrected chi connectivity index (χ2v) is 9.38. The summed E-state index contributed by atoms with van der Waals surface area (Å²) < 4.78 is 2.59. The molecule has 4 aliphatic carbocycles. The number of hydrogen-bond acceptors (Lipinski definition) is 2. The van der Waals surface area contributed by atoms with Crippen molar-refractivity contribution in [3.63, 3.8) is 0 Å². The van der Waals surface area contributed by atoms with Gasteiger partial charge in [0, 0.05) is 13.1 Å². The van der Waals surface area contributed by atoms with Crippen LogP contribution in [0.2, 0.25) is 0 Å². The number of amides is 1. The summed E-state index contributed by atoms with van der Waals surface area (Å²) in [4.78, 5) is 12.9. The van der Waals surface area contributed by atoms with Gasteiger partial charge in [0.2, 0.25) is 0 Å². The molecule has 1 atom stereocenters. The molecule has 4 nitrogen and oxygen atoms in total. The smallest absolute Gasteiger partial charge is 0.273 e. The van der Waals surface area contributed by atoms with E-state index >= 15 is 0 Å². The molecular formula is C19H28BrN3O. The minimum absolute atomic E-state index is 0.0202. The van der Waals surface area contributed by atoms with Gasteiger partial charge in [-0.3, -0.25) is 9.48 Å². The highest BCUT2D eigenvalue weighted by Gasteiger charge is 2.54. The number of aromatic nitrogens is 2. The Balaban J connectivity index is 1.56. The van der Waals surface area contributed by atoms with Crippen LogP contribution in [0.3, 0.4) is 0 Å². The standard InChI is InChI=1S/C19H28BrN3O/c1-4-15(21-18(24)17-16(20)11(2)23(3)22-17)19-8-12-5-13(9-19)7-14(6-12)10-19/h12-15H,4-10H2,1-3H3,(H,21,24). The topological polar surface area (TPSA) is 46.9 Å². The van der Waals surface area contributed by atoms with Crippen LogP contribution in [0, 0.1) is 30.1 Å². The highest BCUT2D eigenvalue weighted by Crippen LogP contribution is 2.61. The summed E-state index contributed by atoms with van der Waals surface area (Å²) >= 11 is 3.53. The van der Waals surface area contributed by atoms with Gasteiger partial charge in [-0.05, 0) is 91.0 Å². The first-order valence-electron chi connectivity index (χ1n) is 9.42. The maximum Gasteiger partial charge on any atom is 0.273 e. The number of carbonyl (C=O) groups excluding carboxylic acids is 1. The fraction of sp³-hybridized carbons (Fsp3) is 0.789. The zero-order valence-corrected chi connectivity index (χ0v) is 16.5. The number of hydrogen-bond donors (Lipinski definition) is 1. The van der Waals surface area contributed by atoms with Gasteiger partial charge < -0.3 is 5.32 Å². The van der Waals surface area contributed by atoms with Crippen molar-refractivity contribution >= 4 is 21.8 Å². The molecule has 1 amide bonds. The second kappa shape index (κ2) is 5.86. The fourth-order valence-electron chi connectivity index (χ4n) is 6.25. The molecule has 0 radical (unpaired) electrons. The molecule has 132 valence electrons. The monoisotopic (exact) mass is 393 g/mol. The molecule has 5 heteroatoms. The predicted molar refractivity (Wildman–Crippen MR) is 97.8 cm³/mol. The van der Waals surface area contributed by atoms with Crippen LogP contribution in [0.15, 0.2) is 4.47 Å². The van der Waals surface area contributed by atoms with Crippen molar-refractivity contribution < 1.29 is 4.79 Å². The summed E-state index contributed by atoms with van der Waals surface area (Å²) in [6, 6.07) is 0.285. The van der Waals surface area contributed by atoms with E-state index < -0.39 is 0 Å². The third kappa shape index (κ3) is 2.54. The lowest BCUT2D eigenvalue weighted by atomic mass is 9.47. The molecule has 0 aliphatic heterocycles. The van der Waals surface area contributed by atoms with Gasteiger partial charge in [-0.25, -0.2) is 0 Å². The second-order valence-electron chi connectivity index (χ2n) is 8.59. The zero-order chi connectivity index (χ0) is 17.1. The van der Waals surface area contributed by atoms with Crippen molar-refractivity contribution in [2.75, 3.05) is 0 Å². The van der Waals surface area contributed by atoms with Crippen molar-refractivity contribution in [3.8, 4) is 0 Å². The summed E-state index contributed by atoms with van der Waals surface area (Å²) in [5.41, 5.74) is 1.86. The Morgan fingerprint density at radius 3 is 2.25 bits per heavy atom. The molecule has 1 unspecified atom stereocenters. The molecule has 4 aliphatic rings. The average Bonchev–Trinajstić information content (AvgIpc) is 2.78. The maximum atomic E-state index is 12.9. The predicted octanol–water partition coefficient (Wildman–Crippen LogP) is 4.22. The quantitative estimate of drug-likeness (QED) is 0.832. The van der Waals surface area contributed by atoms with E-state index in [0.29, 0.717) is 11.1 Å². The van der Waals surface area contributed by atoms with Crippen molar-refractivity contribution in [2.24, 2.45) is 30.2 Å². The first kappa shape index (κ1) is 16.6. The molecule has 0 saturated heterocycles. The van der Waals surface area contributed by atoms with E-state index in [1.807, 2.05) is 14.0 Å². The van der Waals surface area contributed by atoms with Crippen molar-refractivity contribution in [1.29, 1.82) is 0 Å². The summed E-state index contributed by atoms with van der Waals surface area (Å²) in [5.74, 6) is 2.70. The van der Waals surface area contributed by atoms with Crippen LogP contribution in [0.5, 0.6) is 0 Å². The summed E-state index contributed by atoms with van der Waals surface area (Å²) in [6.07, 6.45) is 9.29. The maximum absolute atomic E-state index is 12.9. The van der Waals surface area contributed by atoms with E-state index in [2.05, 4.69) is 33.3 Å². The molecule has 24 heavy (non-hydrogen) atoms. The van der Waals surface area contributed by atoms with Gasteiger partial charge in [0.05, 0.1) is 10.2 Å². The fourth-order valence-corrected chi connectivity index (χ4v) is 6.76. The molecule has 5 rings (SSSR count). The van der Waals surface area contributed by atoms with Gasteiger partial charge >= 0.3 is 0 Å². The number of nitrogens with zero attached hydrogens (tertiary/aromatic N) is 2. The number of aryl methyl sites for hydroxylation is 1. The van der Waals surface area contributed by atoms with Crippen LogP contribution in [0.4, 0.5) is 0 Å². The Bertz CT molecular complexity index is 631. The van der Waals surface area contributed by atoms with Gasteiger partial charge in [0.15, 0.2) is 5.69 Å². The van der Waals surface area contributed by atoms with Gasteiger partial charge in [-0.15, -0.1) is 0 Å². The van der Waals surface area contributed by atoms with Gasteiger partial charge in [-0.1, -0.05) is 6.92 Å². The van der Waals surface area contributed by atoms with Crippen molar-refractivity contribution in [2.45, 2.75) is 64.8 Å². The molecule has 1 aromatic rings. The molecule has 4 saturated carbocycles. The first-order chi connectivity index (χ1) is 11.4. The van der Waals surface area contributed by atoms with E-state index in [1.165, 1.54) is 38.5 Å². The largest absolute Gasteiger partial charge is 0.347 e. The Morgan fingerprint density at radius 1 is 1.29 bits per heavy atom. The molecular weight excluding hydrogens is 366 g/mol. The lowest BCUT2D eigenvalue weighted by Gasteiger charge is -2.59. The summed E-state index contributed by atoms with van der Waals surface area (Å²) in [6.45, 7) is 4.20. The number of nitrogens with one attached hydrogen (secondary N) is 1. The minimum atomic E-state index is -0.0202. The SMILES string of the molecule is CCC(NC(=O)c1nn(C)c(C)c1Br)C12CC3CC(CC(C3)C1)C2. The highest BCUT2D eigenvalue weighted by atomic mass is 79.9. The van der Waals surface area contributed by atoms with E-state index in [4.69, 9.17) is 0 Å². The van der Waals surface area contributed by atoms with E-state index in [1.54, 1.807) is 4.68 Å². The van der Waals surface area contributed by atoms with Crippen LogP contribution in [-0.4, -0.2) is 21.7 Å². The number of carbonyl (C=O) groups is 1. The Labute approximate surface area is 152 Å². The Morgan fingerprint density at radius 2 is 1.83 bits per heavy atom. The average molecular weight is 394 g/mol. The molecule has 1 aromatic heterocycles. The molecule has 4 bridgehead atoms. The van der Waals surface area contributed by atoms with Gasteiger partial charge in [0.1, 0.15) is 0 Å². The minimum Gasteiger partial charge on any atom is -0.347 e. The van der Waals surface area contributed by atoms with Crippen molar-refractivity contribution in [3.05, 3.63) is 15.9 Å². The summed E-state index contributed by atoms with van der Waals surface area (Å²) in [5, 5.41) is 7.78. The number of rotatable bonds is 4. The lowest BCUT2D eigenvalue weighted by molar-refractivity contribution is -0.0727. The Kier molecular flexibility index (Phi) is 4.06. The van der Waals surface area contributed by atoms with Crippen LogP contribution >= 0.6 is 15.9 Å². The lowest BCUT2D eigenvalue weighted by Crippen LogP contribution is -2.56. The van der Waals surface area contributed by atoms with E-state index in [0.717, 1.165) is 34.3 Å². The zero-order valence-electron chi connectivity index (χ0n) is 14.9. The van der Waals surface area contributed by atoms with Crippen LogP contribution < -0.4 is 5.32 Å². The highest BCUT2D eigenvalue weighted by molar-refractivity contribution is 9.10. The summed E-state index contributed by atoms with van der Waals surface area (Å²) in [7, 11) is 1.88. The van der Waals surface area contributed by atoms with E-state index in [9.17, 15) is 4.79 Å². The van der Waals surface area contributed by atoms with Crippen LogP contribution in [-0.2, 0) is 7.05 Å². The van der Waals surface area contributed by atoms with E-state index in [-0.39, 0.29) is 11.9 Å².